The highest BCUT2D eigenvalue weighted by molar-refractivity contribution is 7.18. The van der Waals surface area contributed by atoms with Crippen LogP contribution in [0.4, 0.5) is 5.82 Å². The summed E-state index contributed by atoms with van der Waals surface area (Å²) < 4.78 is 5.25. The summed E-state index contributed by atoms with van der Waals surface area (Å²) in [6, 6.07) is 8.11. The normalized spacial score (nSPS) is 15.1. The summed E-state index contributed by atoms with van der Waals surface area (Å²) in [5.41, 5.74) is 1.10. The lowest BCUT2D eigenvalue weighted by molar-refractivity contribution is 0.415. The van der Waals surface area contributed by atoms with Gasteiger partial charge in [-0.3, -0.25) is 0 Å². The largest absolute Gasteiger partial charge is 0.495 e. The third-order valence-corrected chi connectivity index (χ3v) is 6.92. The van der Waals surface area contributed by atoms with E-state index in [1.54, 1.807) is 18.4 Å². The lowest BCUT2D eigenvalue weighted by atomic mass is 9.88. The second-order valence-corrected chi connectivity index (χ2v) is 8.90. The first-order valence-electron chi connectivity index (χ1n) is 10.0. The van der Waals surface area contributed by atoms with E-state index in [-0.39, 0.29) is 0 Å². The van der Waals surface area contributed by atoms with Crippen molar-refractivity contribution in [2.24, 2.45) is 0 Å². The van der Waals surface area contributed by atoms with Crippen molar-refractivity contribution in [3.8, 4) is 5.75 Å². The minimum absolute atomic E-state index is 0.487. The van der Waals surface area contributed by atoms with Crippen molar-refractivity contribution >= 4 is 39.0 Å². The van der Waals surface area contributed by atoms with E-state index in [0.29, 0.717) is 23.2 Å². The Kier molecular flexibility index (Phi) is 6.02. The van der Waals surface area contributed by atoms with Crippen LogP contribution in [0.1, 0.15) is 61.2 Å². The molecule has 1 aliphatic rings. The molecule has 0 radical (unpaired) electrons. The minimum atomic E-state index is 0.487. The Balaban J connectivity index is 1.63. The number of rotatable bonds is 6. The van der Waals surface area contributed by atoms with Crippen molar-refractivity contribution in [1.82, 2.24) is 9.97 Å². The highest BCUT2D eigenvalue weighted by Crippen LogP contribution is 2.35. The van der Waals surface area contributed by atoms with E-state index in [1.165, 1.54) is 37.0 Å². The molecule has 0 amide bonds. The van der Waals surface area contributed by atoms with Gasteiger partial charge in [-0.15, -0.1) is 11.3 Å². The van der Waals surface area contributed by atoms with Crippen LogP contribution in [-0.2, 0) is 13.0 Å². The molecular weight excluding hydrogens is 390 g/mol. The number of ether oxygens (including phenoxy) is 1. The number of hydrogen-bond donors (Lipinski definition) is 1. The number of aryl methyl sites for hydroxylation is 1. The molecule has 0 atom stereocenters. The maximum Gasteiger partial charge on any atom is 0.138 e. The van der Waals surface area contributed by atoms with Crippen LogP contribution in [0.25, 0.3) is 10.2 Å². The van der Waals surface area contributed by atoms with E-state index in [1.807, 2.05) is 18.2 Å². The fraction of sp³-hybridized carbons (Fsp3) is 0.455. The molecular formula is C22H26ClN3OS. The van der Waals surface area contributed by atoms with Crippen LogP contribution in [0.3, 0.4) is 0 Å². The zero-order chi connectivity index (χ0) is 19.5. The van der Waals surface area contributed by atoms with Crippen molar-refractivity contribution in [1.29, 1.82) is 0 Å². The average molecular weight is 416 g/mol. The second kappa shape index (κ2) is 8.66. The van der Waals surface area contributed by atoms with Crippen LogP contribution in [0.5, 0.6) is 5.75 Å². The summed E-state index contributed by atoms with van der Waals surface area (Å²) in [5, 5.41) is 5.29. The SMILES string of the molecule is CCc1cc2c(NCc3ccc(OC)c(Cl)c3)nc(C3CCCCC3)nc2s1. The smallest absolute Gasteiger partial charge is 0.138 e. The zero-order valence-corrected chi connectivity index (χ0v) is 18.0. The molecule has 2 aromatic heterocycles. The van der Waals surface area contributed by atoms with Crippen molar-refractivity contribution in [2.45, 2.75) is 57.9 Å². The monoisotopic (exact) mass is 415 g/mol. The van der Waals surface area contributed by atoms with Gasteiger partial charge in [-0.1, -0.05) is 43.9 Å². The quantitative estimate of drug-likeness (QED) is 0.494. The Bertz CT molecular complexity index is 966. The molecule has 0 aliphatic heterocycles. The van der Waals surface area contributed by atoms with Crippen LogP contribution in [0.15, 0.2) is 24.3 Å². The van der Waals surface area contributed by atoms with E-state index >= 15 is 0 Å². The first-order valence-corrected chi connectivity index (χ1v) is 11.2. The van der Waals surface area contributed by atoms with Crippen molar-refractivity contribution < 1.29 is 4.74 Å². The fourth-order valence-corrected chi connectivity index (χ4v) is 5.10. The molecule has 0 unspecified atom stereocenters. The van der Waals surface area contributed by atoms with Gasteiger partial charge in [0.05, 0.1) is 17.5 Å². The third-order valence-electron chi connectivity index (χ3n) is 5.46. The maximum atomic E-state index is 6.28. The van der Waals surface area contributed by atoms with Gasteiger partial charge in [0, 0.05) is 17.3 Å². The predicted molar refractivity (Wildman–Crippen MR) is 118 cm³/mol. The van der Waals surface area contributed by atoms with Crippen molar-refractivity contribution in [2.75, 3.05) is 12.4 Å². The molecule has 4 rings (SSSR count). The summed E-state index contributed by atoms with van der Waals surface area (Å²) in [5.74, 6) is 3.13. The van der Waals surface area contributed by atoms with Gasteiger partial charge >= 0.3 is 0 Å². The molecule has 28 heavy (non-hydrogen) atoms. The molecule has 0 saturated heterocycles. The number of thiophene rings is 1. The molecule has 1 fully saturated rings. The molecule has 0 bridgehead atoms. The number of fused-ring (bicyclic) bond motifs is 1. The van der Waals surface area contributed by atoms with Gasteiger partial charge in [0.1, 0.15) is 22.2 Å². The van der Waals surface area contributed by atoms with Crippen LogP contribution in [0.2, 0.25) is 5.02 Å². The van der Waals surface area contributed by atoms with Gasteiger partial charge in [0.2, 0.25) is 0 Å². The Morgan fingerprint density at radius 1 is 1.18 bits per heavy atom. The first kappa shape index (κ1) is 19.5. The Hall–Kier alpha value is -1.85. The number of halogens is 1. The number of nitrogens with zero attached hydrogens (tertiary/aromatic N) is 2. The highest BCUT2D eigenvalue weighted by Gasteiger charge is 2.21. The highest BCUT2D eigenvalue weighted by atomic mass is 35.5. The second-order valence-electron chi connectivity index (χ2n) is 7.37. The van der Waals surface area contributed by atoms with Crippen LogP contribution >= 0.6 is 22.9 Å². The van der Waals surface area contributed by atoms with Crippen LogP contribution in [0, 0.1) is 0 Å². The molecule has 6 heteroatoms. The van der Waals surface area contributed by atoms with Crippen molar-refractivity contribution in [3.05, 3.63) is 45.6 Å². The molecule has 0 spiro atoms. The topological polar surface area (TPSA) is 47.0 Å². The van der Waals surface area contributed by atoms with Crippen LogP contribution < -0.4 is 10.1 Å². The number of nitrogens with one attached hydrogen (secondary N) is 1. The van der Waals surface area contributed by atoms with E-state index < -0.39 is 0 Å². The van der Waals surface area contributed by atoms with E-state index in [9.17, 15) is 0 Å². The number of methoxy groups -OCH3 is 1. The Morgan fingerprint density at radius 2 is 2.00 bits per heavy atom. The molecule has 1 saturated carbocycles. The molecule has 1 N–H and O–H groups in total. The number of hydrogen-bond acceptors (Lipinski definition) is 5. The van der Waals surface area contributed by atoms with E-state index in [4.69, 9.17) is 26.3 Å². The summed E-state index contributed by atoms with van der Waals surface area (Å²) >= 11 is 8.07. The van der Waals surface area contributed by atoms with Crippen molar-refractivity contribution in [3.63, 3.8) is 0 Å². The average Bonchev–Trinajstić information content (AvgIpc) is 3.16. The summed E-state index contributed by atoms with van der Waals surface area (Å²) in [6.45, 7) is 2.85. The maximum absolute atomic E-state index is 6.28. The Morgan fingerprint density at radius 3 is 2.71 bits per heavy atom. The van der Waals surface area contributed by atoms with Gasteiger partial charge in [-0.25, -0.2) is 9.97 Å². The Labute approximate surface area is 175 Å². The summed E-state index contributed by atoms with van der Waals surface area (Å²) in [6.07, 6.45) is 7.32. The molecule has 1 aromatic carbocycles. The van der Waals surface area contributed by atoms with Crippen LogP contribution in [-0.4, -0.2) is 17.1 Å². The fourth-order valence-electron chi connectivity index (χ4n) is 3.85. The predicted octanol–water partition coefficient (Wildman–Crippen LogP) is 6.58. The van der Waals surface area contributed by atoms with Gasteiger partial charge in [-0.2, -0.15) is 0 Å². The molecule has 148 valence electrons. The molecule has 4 nitrogen and oxygen atoms in total. The van der Waals surface area contributed by atoms with Gasteiger partial charge in [0.15, 0.2) is 0 Å². The number of anilines is 1. The van der Waals surface area contributed by atoms with Gasteiger partial charge in [0.25, 0.3) is 0 Å². The standard InChI is InChI=1S/C22H26ClN3OS/c1-3-16-12-17-21(24-13-14-9-10-19(27-2)18(23)11-14)25-20(26-22(17)28-16)15-7-5-4-6-8-15/h9-12,15H,3-8,13H2,1-2H3,(H,24,25,26). The first-order chi connectivity index (χ1) is 13.7. The molecule has 2 heterocycles. The lowest BCUT2D eigenvalue weighted by Gasteiger charge is -2.21. The summed E-state index contributed by atoms with van der Waals surface area (Å²) in [4.78, 5) is 12.4. The summed E-state index contributed by atoms with van der Waals surface area (Å²) in [7, 11) is 1.63. The van der Waals surface area contributed by atoms with E-state index in [0.717, 1.165) is 33.8 Å². The zero-order valence-electron chi connectivity index (χ0n) is 16.4. The minimum Gasteiger partial charge on any atom is -0.495 e. The lowest BCUT2D eigenvalue weighted by Crippen LogP contribution is -2.11. The van der Waals surface area contributed by atoms with E-state index in [2.05, 4.69) is 18.3 Å². The molecule has 1 aliphatic carbocycles. The molecule has 3 aromatic rings. The third kappa shape index (κ3) is 4.11. The van der Waals surface area contributed by atoms with Gasteiger partial charge < -0.3 is 10.1 Å². The van der Waals surface area contributed by atoms with Gasteiger partial charge in [-0.05, 0) is 43.0 Å². The number of benzene rings is 1. The number of aromatic nitrogens is 2.